The van der Waals surface area contributed by atoms with Crippen LogP contribution in [0.3, 0.4) is 0 Å². The fourth-order valence-corrected chi connectivity index (χ4v) is 3.74. The molecule has 1 aliphatic carbocycles. The summed E-state index contributed by atoms with van der Waals surface area (Å²) in [5, 5.41) is 3.48. The molecular weight excluding hydrogens is 386 g/mol. The van der Waals surface area contributed by atoms with Crippen molar-refractivity contribution in [2.24, 2.45) is 5.92 Å². The average molecular weight is 410 g/mol. The number of carbonyl (C=O) groups excluding carboxylic acids is 2. The summed E-state index contributed by atoms with van der Waals surface area (Å²) in [7, 11) is 5.47. The van der Waals surface area contributed by atoms with Crippen LogP contribution in [-0.2, 0) is 16.0 Å². The fraction of sp³-hybridized carbons (Fsp3) is 0.333. The molecular formula is C21H23N5O2S. The normalized spacial score (nSPS) is 13.3. The maximum atomic E-state index is 11.9. The molecule has 0 radical (unpaired) electrons. The van der Waals surface area contributed by atoms with Gasteiger partial charge in [0.1, 0.15) is 16.2 Å². The average Bonchev–Trinajstić information content (AvgIpc) is 3.48. The fourth-order valence-electron chi connectivity index (χ4n) is 2.90. The molecule has 2 amide bonds. The van der Waals surface area contributed by atoms with Gasteiger partial charge in [-0.15, -0.1) is 0 Å². The monoisotopic (exact) mass is 409 g/mol. The topological polar surface area (TPSA) is 78.4 Å². The highest BCUT2D eigenvalue weighted by Crippen LogP contribution is 2.33. The molecule has 1 N–H and O–H groups in total. The summed E-state index contributed by atoms with van der Waals surface area (Å²) in [4.78, 5) is 37.3. The molecule has 29 heavy (non-hydrogen) atoms. The Labute approximate surface area is 173 Å². The van der Waals surface area contributed by atoms with Crippen molar-refractivity contribution in [2.75, 3.05) is 31.4 Å². The van der Waals surface area contributed by atoms with Crippen molar-refractivity contribution in [2.45, 2.75) is 19.3 Å². The Morgan fingerprint density at radius 1 is 1.07 bits per heavy atom. The summed E-state index contributed by atoms with van der Waals surface area (Å²) >= 11 is 1.39. The zero-order valence-electron chi connectivity index (χ0n) is 16.7. The molecule has 3 aromatic rings. The van der Waals surface area contributed by atoms with Crippen LogP contribution in [0, 0.1) is 5.92 Å². The number of rotatable bonds is 6. The first-order chi connectivity index (χ1) is 13.9. The summed E-state index contributed by atoms with van der Waals surface area (Å²) in [6.07, 6.45) is 2.31. The largest absolute Gasteiger partial charge is 0.349 e. The Kier molecular flexibility index (Phi) is 5.19. The van der Waals surface area contributed by atoms with Gasteiger partial charge in [-0.05, 0) is 42.7 Å². The van der Waals surface area contributed by atoms with E-state index in [1.54, 1.807) is 19.0 Å². The highest BCUT2D eigenvalue weighted by molar-refractivity contribution is 7.22. The van der Waals surface area contributed by atoms with Crippen molar-refractivity contribution < 1.29 is 9.59 Å². The summed E-state index contributed by atoms with van der Waals surface area (Å²) in [5.41, 5.74) is 2.73. The molecule has 0 saturated heterocycles. The third kappa shape index (κ3) is 4.37. The number of likely N-dealkylation sites (N-methyl/N-ethyl adjacent to an activating group) is 1. The zero-order chi connectivity index (χ0) is 20.5. The van der Waals surface area contributed by atoms with Gasteiger partial charge < -0.3 is 15.1 Å². The molecule has 0 spiro atoms. The van der Waals surface area contributed by atoms with E-state index in [9.17, 15) is 9.59 Å². The molecule has 1 saturated carbocycles. The van der Waals surface area contributed by atoms with Crippen LogP contribution < -0.4 is 10.2 Å². The van der Waals surface area contributed by atoms with E-state index in [1.807, 2.05) is 48.3 Å². The standard InChI is InChI=1S/C21H23N5O2S/c1-25(2)18(27)12-13-4-8-15(9-5-13)26(3)17-11-10-16-20(23-17)29-21(22-16)24-19(28)14-6-7-14/h4-5,8-11,14H,6-7,12H2,1-3H3,(H,22,24,28). The molecule has 0 atom stereocenters. The number of carbonyl (C=O) groups is 2. The van der Waals surface area contributed by atoms with Gasteiger partial charge >= 0.3 is 0 Å². The quantitative estimate of drug-likeness (QED) is 0.675. The Morgan fingerprint density at radius 3 is 2.45 bits per heavy atom. The third-order valence-corrected chi connectivity index (χ3v) is 5.82. The second-order valence-electron chi connectivity index (χ2n) is 7.47. The van der Waals surface area contributed by atoms with Crippen molar-refractivity contribution in [3.05, 3.63) is 42.0 Å². The number of anilines is 3. The first-order valence-electron chi connectivity index (χ1n) is 9.52. The van der Waals surface area contributed by atoms with Crippen LogP contribution in [0.1, 0.15) is 18.4 Å². The van der Waals surface area contributed by atoms with Gasteiger partial charge in [-0.3, -0.25) is 9.59 Å². The van der Waals surface area contributed by atoms with Crippen LogP contribution in [0.4, 0.5) is 16.6 Å². The SMILES string of the molecule is CN(C)C(=O)Cc1ccc(N(C)c2ccc3nc(NC(=O)C4CC4)sc3n2)cc1. The molecule has 1 aliphatic rings. The van der Waals surface area contributed by atoms with E-state index in [2.05, 4.69) is 10.3 Å². The summed E-state index contributed by atoms with van der Waals surface area (Å²) in [6.45, 7) is 0. The van der Waals surface area contributed by atoms with Crippen LogP contribution in [0.25, 0.3) is 10.3 Å². The molecule has 0 unspecified atom stereocenters. The third-order valence-electron chi connectivity index (χ3n) is 4.94. The van der Waals surface area contributed by atoms with Crippen LogP contribution >= 0.6 is 11.3 Å². The van der Waals surface area contributed by atoms with Gasteiger partial charge in [-0.1, -0.05) is 23.5 Å². The van der Waals surface area contributed by atoms with Gasteiger partial charge in [-0.2, -0.15) is 0 Å². The lowest BCUT2D eigenvalue weighted by atomic mass is 10.1. The number of benzene rings is 1. The van der Waals surface area contributed by atoms with Gasteiger partial charge in [0.15, 0.2) is 5.13 Å². The number of pyridine rings is 1. The number of amides is 2. The second kappa shape index (κ2) is 7.79. The van der Waals surface area contributed by atoms with Crippen LogP contribution in [0.2, 0.25) is 0 Å². The minimum atomic E-state index is 0.0502. The number of aromatic nitrogens is 2. The Morgan fingerprint density at radius 2 is 1.79 bits per heavy atom. The lowest BCUT2D eigenvalue weighted by molar-refractivity contribution is -0.128. The van der Waals surface area contributed by atoms with Crippen LogP contribution in [0.15, 0.2) is 36.4 Å². The van der Waals surface area contributed by atoms with Crippen molar-refractivity contribution in [1.29, 1.82) is 0 Å². The summed E-state index contributed by atoms with van der Waals surface area (Å²) < 4.78 is 0. The maximum absolute atomic E-state index is 11.9. The Bertz CT molecular complexity index is 1060. The van der Waals surface area contributed by atoms with E-state index in [4.69, 9.17) is 4.98 Å². The molecule has 2 aromatic heterocycles. The van der Waals surface area contributed by atoms with Gasteiger partial charge in [0.05, 0.1) is 6.42 Å². The Hall–Kier alpha value is -3.00. The van der Waals surface area contributed by atoms with Crippen molar-refractivity contribution in [3.63, 3.8) is 0 Å². The molecule has 1 aromatic carbocycles. The number of nitrogens with zero attached hydrogens (tertiary/aromatic N) is 4. The lowest BCUT2D eigenvalue weighted by Gasteiger charge is -2.18. The number of thiazole rings is 1. The van der Waals surface area contributed by atoms with E-state index < -0.39 is 0 Å². The van der Waals surface area contributed by atoms with E-state index in [-0.39, 0.29) is 17.7 Å². The molecule has 2 heterocycles. The predicted octanol–water partition coefficient (Wildman–Crippen LogP) is 3.44. The van der Waals surface area contributed by atoms with Crippen LogP contribution in [-0.4, -0.2) is 47.8 Å². The number of hydrogen-bond donors (Lipinski definition) is 1. The predicted molar refractivity (Wildman–Crippen MR) is 116 cm³/mol. The number of nitrogens with one attached hydrogen (secondary N) is 1. The van der Waals surface area contributed by atoms with E-state index >= 15 is 0 Å². The second-order valence-corrected chi connectivity index (χ2v) is 8.44. The van der Waals surface area contributed by atoms with Gasteiger partial charge in [0.25, 0.3) is 0 Å². The smallest absolute Gasteiger partial charge is 0.229 e. The van der Waals surface area contributed by atoms with Gasteiger partial charge in [-0.25, -0.2) is 9.97 Å². The van der Waals surface area contributed by atoms with E-state index in [0.29, 0.717) is 11.6 Å². The number of fused-ring (bicyclic) bond motifs is 1. The van der Waals surface area contributed by atoms with Crippen molar-refractivity contribution in [1.82, 2.24) is 14.9 Å². The summed E-state index contributed by atoms with van der Waals surface area (Å²) in [5.74, 6) is 1.06. The Balaban J connectivity index is 1.49. The van der Waals surface area contributed by atoms with Gasteiger partial charge in [0.2, 0.25) is 11.8 Å². The molecule has 8 heteroatoms. The lowest BCUT2D eigenvalue weighted by Crippen LogP contribution is -2.23. The molecule has 1 fully saturated rings. The van der Waals surface area contributed by atoms with E-state index in [0.717, 1.165) is 40.3 Å². The van der Waals surface area contributed by atoms with Crippen molar-refractivity contribution >= 4 is 50.1 Å². The first-order valence-corrected chi connectivity index (χ1v) is 10.3. The first kappa shape index (κ1) is 19.3. The molecule has 7 nitrogen and oxygen atoms in total. The minimum Gasteiger partial charge on any atom is -0.349 e. The van der Waals surface area contributed by atoms with Crippen LogP contribution in [0.5, 0.6) is 0 Å². The summed E-state index contributed by atoms with van der Waals surface area (Å²) in [6, 6.07) is 11.7. The minimum absolute atomic E-state index is 0.0502. The van der Waals surface area contributed by atoms with Crippen molar-refractivity contribution in [3.8, 4) is 0 Å². The highest BCUT2D eigenvalue weighted by atomic mass is 32.1. The maximum Gasteiger partial charge on any atom is 0.229 e. The molecule has 0 bridgehead atoms. The molecule has 150 valence electrons. The molecule has 4 rings (SSSR count). The highest BCUT2D eigenvalue weighted by Gasteiger charge is 2.30. The number of hydrogen-bond acceptors (Lipinski definition) is 6. The molecule has 0 aliphatic heterocycles. The van der Waals surface area contributed by atoms with E-state index in [1.165, 1.54) is 11.3 Å². The van der Waals surface area contributed by atoms with Gasteiger partial charge in [0, 0.05) is 32.7 Å². The zero-order valence-corrected chi connectivity index (χ0v) is 17.5.